The summed E-state index contributed by atoms with van der Waals surface area (Å²) in [6.45, 7) is 9.79. The van der Waals surface area contributed by atoms with Crippen LogP contribution in [0.1, 0.15) is 45.0 Å². The van der Waals surface area contributed by atoms with E-state index in [2.05, 4.69) is 10.4 Å². The molecule has 1 rings (SSSR count). The third kappa shape index (κ3) is 3.10. The number of amides is 1. The zero-order valence-corrected chi connectivity index (χ0v) is 12.1. The summed E-state index contributed by atoms with van der Waals surface area (Å²) in [6.07, 6.45) is 1.78. The number of carbonyl (C=O) groups excluding carboxylic acids is 1. The van der Waals surface area contributed by atoms with Crippen molar-refractivity contribution >= 4 is 5.91 Å². The van der Waals surface area contributed by atoms with Gasteiger partial charge in [0.25, 0.3) is 0 Å². The summed E-state index contributed by atoms with van der Waals surface area (Å²) in [5, 5.41) is 7.11. The number of nitrogens with one attached hydrogen (secondary N) is 1. The lowest BCUT2D eigenvalue weighted by atomic mass is 9.86. The van der Waals surface area contributed by atoms with Crippen LogP contribution in [0.4, 0.5) is 0 Å². The third-order valence-corrected chi connectivity index (χ3v) is 3.31. The molecule has 5 heteroatoms. The van der Waals surface area contributed by atoms with Gasteiger partial charge in [-0.1, -0.05) is 20.8 Å². The summed E-state index contributed by atoms with van der Waals surface area (Å²) in [5.41, 5.74) is 7.76. The highest BCUT2D eigenvalue weighted by Gasteiger charge is 2.28. The molecule has 0 aliphatic heterocycles. The van der Waals surface area contributed by atoms with Crippen LogP contribution in [0.15, 0.2) is 6.20 Å². The summed E-state index contributed by atoms with van der Waals surface area (Å²) < 4.78 is 1.79. The van der Waals surface area contributed by atoms with Crippen LogP contribution in [0.3, 0.4) is 0 Å². The molecule has 0 radical (unpaired) electrons. The topological polar surface area (TPSA) is 72.9 Å². The molecule has 5 nitrogen and oxygen atoms in total. The normalized spacial score (nSPS) is 15.3. The van der Waals surface area contributed by atoms with E-state index in [4.69, 9.17) is 5.73 Å². The highest BCUT2D eigenvalue weighted by Crippen LogP contribution is 2.20. The van der Waals surface area contributed by atoms with Gasteiger partial charge in [-0.25, -0.2) is 0 Å². The molecule has 1 heterocycles. The second-order valence-corrected chi connectivity index (χ2v) is 5.88. The molecule has 1 aromatic rings. The van der Waals surface area contributed by atoms with Crippen molar-refractivity contribution in [3.05, 3.63) is 17.5 Å². The highest BCUT2D eigenvalue weighted by atomic mass is 16.2. The zero-order valence-electron chi connectivity index (χ0n) is 12.1. The standard InChI is InChI=1S/C13H24N4O/c1-8(10-7-15-17(6)9(10)2)16-12(18)11(14)13(3,4)5/h7-8,11H,14H2,1-6H3,(H,16,18)/t8?,11-/m1/s1. The van der Waals surface area contributed by atoms with Crippen molar-refractivity contribution in [2.24, 2.45) is 18.2 Å². The number of hydrogen-bond donors (Lipinski definition) is 2. The van der Waals surface area contributed by atoms with Crippen LogP contribution < -0.4 is 11.1 Å². The van der Waals surface area contributed by atoms with Gasteiger partial charge in [-0.15, -0.1) is 0 Å². The van der Waals surface area contributed by atoms with Gasteiger partial charge in [0.1, 0.15) is 0 Å². The molecule has 0 aliphatic rings. The number of rotatable bonds is 3. The molecule has 0 saturated heterocycles. The average molecular weight is 252 g/mol. The van der Waals surface area contributed by atoms with Crippen LogP contribution >= 0.6 is 0 Å². The van der Waals surface area contributed by atoms with Gasteiger partial charge in [0, 0.05) is 18.3 Å². The SMILES string of the molecule is Cc1c(C(C)NC(=O)[C@@H](N)C(C)(C)C)cnn1C. The van der Waals surface area contributed by atoms with Crippen molar-refractivity contribution in [3.63, 3.8) is 0 Å². The van der Waals surface area contributed by atoms with Crippen LogP contribution in [0.5, 0.6) is 0 Å². The van der Waals surface area contributed by atoms with Crippen LogP contribution in [0.25, 0.3) is 0 Å². The van der Waals surface area contributed by atoms with Crippen molar-refractivity contribution < 1.29 is 4.79 Å². The van der Waals surface area contributed by atoms with Crippen LogP contribution in [0.2, 0.25) is 0 Å². The highest BCUT2D eigenvalue weighted by molar-refractivity contribution is 5.82. The first-order chi connectivity index (χ1) is 8.14. The van der Waals surface area contributed by atoms with E-state index >= 15 is 0 Å². The van der Waals surface area contributed by atoms with Crippen LogP contribution in [-0.4, -0.2) is 21.7 Å². The van der Waals surface area contributed by atoms with Gasteiger partial charge in [0.05, 0.1) is 18.3 Å². The average Bonchev–Trinajstić information content (AvgIpc) is 2.57. The molecule has 1 amide bonds. The fourth-order valence-electron chi connectivity index (χ4n) is 1.71. The lowest BCUT2D eigenvalue weighted by Gasteiger charge is -2.27. The molecular formula is C13H24N4O. The number of aryl methyl sites for hydroxylation is 1. The maximum absolute atomic E-state index is 12.0. The first-order valence-corrected chi connectivity index (χ1v) is 6.19. The third-order valence-electron chi connectivity index (χ3n) is 3.31. The summed E-state index contributed by atoms with van der Waals surface area (Å²) in [7, 11) is 1.88. The Morgan fingerprint density at radius 2 is 2.06 bits per heavy atom. The Balaban J connectivity index is 2.74. The Morgan fingerprint density at radius 3 is 2.44 bits per heavy atom. The minimum absolute atomic E-state index is 0.0837. The molecule has 2 atom stereocenters. The van der Waals surface area contributed by atoms with E-state index in [1.54, 1.807) is 10.9 Å². The molecule has 0 aliphatic carbocycles. The minimum Gasteiger partial charge on any atom is -0.348 e. The molecule has 1 unspecified atom stereocenters. The monoisotopic (exact) mass is 252 g/mol. The summed E-state index contributed by atoms with van der Waals surface area (Å²) in [6, 6.07) is -0.600. The van der Waals surface area contributed by atoms with Gasteiger partial charge < -0.3 is 11.1 Å². The van der Waals surface area contributed by atoms with Gasteiger partial charge in [0.2, 0.25) is 5.91 Å². The molecule has 0 aromatic carbocycles. The van der Waals surface area contributed by atoms with Gasteiger partial charge >= 0.3 is 0 Å². The number of aromatic nitrogens is 2. The Kier molecular flexibility index (Phi) is 4.16. The van der Waals surface area contributed by atoms with Gasteiger partial charge in [0.15, 0.2) is 0 Å². The van der Waals surface area contributed by atoms with Crippen LogP contribution in [0, 0.1) is 12.3 Å². The summed E-state index contributed by atoms with van der Waals surface area (Å²) in [5.74, 6) is -0.127. The summed E-state index contributed by atoms with van der Waals surface area (Å²) >= 11 is 0. The maximum atomic E-state index is 12.0. The molecule has 0 saturated carbocycles. The van der Waals surface area contributed by atoms with Crippen molar-refractivity contribution in [2.75, 3.05) is 0 Å². The molecule has 102 valence electrons. The van der Waals surface area contributed by atoms with E-state index in [-0.39, 0.29) is 17.4 Å². The smallest absolute Gasteiger partial charge is 0.237 e. The molecule has 1 aromatic heterocycles. The zero-order chi connectivity index (χ0) is 14.1. The first-order valence-electron chi connectivity index (χ1n) is 6.19. The van der Waals surface area contributed by atoms with Gasteiger partial charge in [-0.2, -0.15) is 5.10 Å². The Labute approximate surface area is 109 Å². The molecule has 0 spiro atoms. The maximum Gasteiger partial charge on any atom is 0.237 e. The quantitative estimate of drug-likeness (QED) is 0.851. The molecule has 18 heavy (non-hydrogen) atoms. The van der Waals surface area contributed by atoms with Crippen LogP contribution in [-0.2, 0) is 11.8 Å². The Bertz CT molecular complexity index is 431. The predicted octanol–water partition coefficient (Wildman–Crippen LogP) is 1.28. The molecule has 0 fully saturated rings. The van der Waals surface area contributed by atoms with Crippen molar-refractivity contribution in [3.8, 4) is 0 Å². The largest absolute Gasteiger partial charge is 0.348 e. The lowest BCUT2D eigenvalue weighted by molar-refractivity contribution is -0.125. The van der Waals surface area contributed by atoms with Gasteiger partial charge in [-0.3, -0.25) is 9.48 Å². The van der Waals surface area contributed by atoms with E-state index in [1.165, 1.54) is 0 Å². The fraction of sp³-hybridized carbons (Fsp3) is 0.692. The number of hydrogen-bond acceptors (Lipinski definition) is 3. The molecule has 3 N–H and O–H groups in total. The van der Waals surface area contributed by atoms with E-state index < -0.39 is 6.04 Å². The van der Waals surface area contributed by atoms with E-state index in [0.29, 0.717) is 0 Å². The van der Waals surface area contributed by atoms with Crippen molar-refractivity contribution in [1.82, 2.24) is 15.1 Å². The van der Waals surface area contributed by atoms with Crippen molar-refractivity contribution in [2.45, 2.75) is 46.7 Å². The number of nitrogens with two attached hydrogens (primary N) is 1. The Morgan fingerprint density at radius 1 is 1.50 bits per heavy atom. The van der Waals surface area contributed by atoms with Crippen molar-refractivity contribution in [1.29, 1.82) is 0 Å². The molecular weight excluding hydrogens is 228 g/mol. The van der Waals surface area contributed by atoms with E-state index in [0.717, 1.165) is 11.3 Å². The number of carbonyl (C=O) groups is 1. The summed E-state index contributed by atoms with van der Waals surface area (Å²) in [4.78, 5) is 12.0. The number of nitrogens with zero attached hydrogens (tertiary/aromatic N) is 2. The predicted molar refractivity (Wildman–Crippen MR) is 71.9 cm³/mol. The molecule has 0 bridgehead atoms. The Hall–Kier alpha value is -1.36. The van der Waals surface area contributed by atoms with E-state index in [1.807, 2.05) is 41.7 Å². The van der Waals surface area contributed by atoms with Gasteiger partial charge in [-0.05, 0) is 19.3 Å². The first kappa shape index (κ1) is 14.7. The fourth-order valence-corrected chi connectivity index (χ4v) is 1.71. The second-order valence-electron chi connectivity index (χ2n) is 5.88. The van der Waals surface area contributed by atoms with E-state index in [9.17, 15) is 4.79 Å². The lowest BCUT2D eigenvalue weighted by Crippen LogP contribution is -2.49. The second kappa shape index (κ2) is 5.10. The minimum atomic E-state index is -0.517.